The van der Waals surface area contributed by atoms with Gasteiger partial charge in [-0.3, -0.25) is 4.31 Å². The van der Waals surface area contributed by atoms with Crippen molar-refractivity contribution in [1.29, 1.82) is 0 Å². The molecule has 2 aromatic rings. The van der Waals surface area contributed by atoms with Gasteiger partial charge in [-0.15, -0.1) is 0 Å². The van der Waals surface area contributed by atoms with Crippen LogP contribution in [0.3, 0.4) is 0 Å². The molecule has 1 heterocycles. The van der Waals surface area contributed by atoms with Crippen molar-refractivity contribution in [3.8, 4) is 0 Å². The van der Waals surface area contributed by atoms with Gasteiger partial charge in [0.1, 0.15) is 0 Å². The van der Waals surface area contributed by atoms with E-state index in [1.165, 1.54) is 4.31 Å². The van der Waals surface area contributed by atoms with Crippen LogP contribution >= 0.6 is 0 Å². The quantitative estimate of drug-likeness (QED) is 0.867. The number of benzene rings is 2. The number of hydrogen-bond acceptors (Lipinski definition) is 3. The molecule has 2 N–H and O–H groups in total. The van der Waals surface area contributed by atoms with Crippen molar-refractivity contribution in [2.45, 2.75) is 25.2 Å². The molecule has 0 unspecified atom stereocenters. The lowest BCUT2D eigenvalue weighted by Crippen LogP contribution is -2.29. The van der Waals surface area contributed by atoms with Crippen LogP contribution in [0.4, 0.5) is 11.4 Å². The number of nitrogens with zero attached hydrogens (tertiary/aromatic N) is 1. The third kappa shape index (κ3) is 2.27. The van der Waals surface area contributed by atoms with Crippen LogP contribution in [0.15, 0.2) is 41.3 Å². The van der Waals surface area contributed by atoms with E-state index < -0.39 is 10.0 Å². The molecule has 21 heavy (non-hydrogen) atoms. The molecule has 1 aliphatic heterocycles. The molecule has 0 fully saturated rings. The van der Waals surface area contributed by atoms with E-state index in [4.69, 9.17) is 5.73 Å². The van der Waals surface area contributed by atoms with Gasteiger partial charge in [-0.1, -0.05) is 18.2 Å². The fourth-order valence-electron chi connectivity index (χ4n) is 2.72. The van der Waals surface area contributed by atoms with Crippen LogP contribution in [0.25, 0.3) is 0 Å². The Morgan fingerprint density at radius 2 is 1.86 bits per heavy atom. The van der Waals surface area contributed by atoms with E-state index in [-0.39, 0.29) is 0 Å². The zero-order chi connectivity index (χ0) is 15.2. The van der Waals surface area contributed by atoms with Crippen LogP contribution in [-0.2, 0) is 16.4 Å². The summed E-state index contributed by atoms with van der Waals surface area (Å²) in [4.78, 5) is 0.373. The predicted molar refractivity (Wildman–Crippen MR) is 85.0 cm³/mol. The maximum atomic E-state index is 13.0. The summed E-state index contributed by atoms with van der Waals surface area (Å²) in [5.41, 5.74) is 9.82. The Bertz CT molecular complexity index is 813. The third-order valence-electron chi connectivity index (χ3n) is 3.87. The predicted octanol–water partition coefficient (Wildman–Crippen LogP) is 2.64. The normalized spacial score (nSPS) is 14.3. The summed E-state index contributed by atoms with van der Waals surface area (Å²) >= 11 is 0. The SMILES string of the molecule is Cc1ccc(C)c(S(=O)(=O)N2CCc3ccc(N)cc32)c1. The highest BCUT2D eigenvalue weighted by Gasteiger charge is 2.31. The van der Waals surface area contributed by atoms with Crippen molar-refractivity contribution in [1.82, 2.24) is 0 Å². The van der Waals surface area contributed by atoms with Crippen LogP contribution in [-0.4, -0.2) is 15.0 Å². The van der Waals surface area contributed by atoms with Crippen molar-refractivity contribution >= 4 is 21.4 Å². The average molecular weight is 302 g/mol. The molecule has 3 rings (SSSR count). The minimum absolute atomic E-state index is 0.373. The maximum absolute atomic E-state index is 13.0. The molecule has 0 aromatic heterocycles. The monoisotopic (exact) mass is 302 g/mol. The molecule has 110 valence electrons. The topological polar surface area (TPSA) is 63.4 Å². The van der Waals surface area contributed by atoms with Crippen molar-refractivity contribution in [3.05, 3.63) is 53.1 Å². The fourth-order valence-corrected chi connectivity index (χ4v) is 4.53. The van der Waals surface area contributed by atoms with Gasteiger partial charge < -0.3 is 5.73 Å². The Balaban J connectivity index is 2.13. The van der Waals surface area contributed by atoms with Crippen LogP contribution in [0, 0.1) is 13.8 Å². The number of nitrogen functional groups attached to an aromatic ring is 1. The van der Waals surface area contributed by atoms with E-state index in [1.54, 1.807) is 12.1 Å². The molecule has 2 aromatic carbocycles. The van der Waals surface area contributed by atoms with E-state index in [2.05, 4.69) is 0 Å². The standard InChI is InChI=1S/C16H18N2O2S/c1-11-3-4-12(2)16(9-11)21(19,20)18-8-7-13-5-6-14(17)10-15(13)18/h3-6,9-10H,7-8,17H2,1-2H3. The lowest BCUT2D eigenvalue weighted by Gasteiger charge is -2.21. The van der Waals surface area contributed by atoms with Crippen LogP contribution in [0.5, 0.6) is 0 Å². The molecule has 4 nitrogen and oxygen atoms in total. The second kappa shape index (κ2) is 4.77. The molecule has 5 heteroatoms. The number of rotatable bonds is 2. The van der Waals surface area contributed by atoms with Crippen molar-refractivity contribution < 1.29 is 8.42 Å². The molecule has 0 saturated carbocycles. The molecule has 0 amide bonds. The molecule has 0 spiro atoms. The van der Waals surface area contributed by atoms with Gasteiger partial charge in [0.05, 0.1) is 10.6 Å². The van der Waals surface area contributed by atoms with Crippen LogP contribution < -0.4 is 10.0 Å². The highest BCUT2D eigenvalue weighted by atomic mass is 32.2. The van der Waals surface area contributed by atoms with Crippen LogP contribution in [0.1, 0.15) is 16.7 Å². The third-order valence-corrected chi connectivity index (χ3v) is 5.83. The second-order valence-corrected chi connectivity index (χ2v) is 7.32. The number of anilines is 2. The number of sulfonamides is 1. The van der Waals surface area contributed by atoms with E-state index in [0.29, 0.717) is 22.8 Å². The van der Waals surface area contributed by atoms with Crippen molar-refractivity contribution in [2.75, 3.05) is 16.6 Å². The molecular formula is C16H18N2O2S. The van der Waals surface area contributed by atoms with Gasteiger partial charge in [0.25, 0.3) is 10.0 Å². The number of fused-ring (bicyclic) bond motifs is 1. The summed E-state index contributed by atoms with van der Waals surface area (Å²) in [6, 6.07) is 11.0. The van der Waals surface area contributed by atoms with E-state index in [0.717, 1.165) is 23.1 Å². The first kappa shape index (κ1) is 13.9. The van der Waals surface area contributed by atoms with Gasteiger partial charge in [-0.2, -0.15) is 0 Å². The largest absolute Gasteiger partial charge is 0.399 e. The lowest BCUT2D eigenvalue weighted by molar-refractivity contribution is 0.591. The smallest absolute Gasteiger partial charge is 0.264 e. The summed E-state index contributed by atoms with van der Waals surface area (Å²) in [5, 5.41) is 0. The Kier molecular flexibility index (Phi) is 3.17. The van der Waals surface area contributed by atoms with Crippen molar-refractivity contribution in [3.63, 3.8) is 0 Å². The summed E-state index contributed by atoms with van der Waals surface area (Å²) in [6.07, 6.45) is 0.722. The lowest BCUT2D eigenvalue weighted by atomic mass is 10.1. The second-order valence-electron chi connectivity index (χ2n) is 5.48. The molecule has 0 saturated heterocycles. The van der Waals surface area contributed by atoms with Gasteiger partial charge >= 0.3 is 0 Å². The minimum Gasteiger partial charge on any atom is -0.399 e. The first-order valence-electron chi connectivity index (χ1n) is 6.88. The summed E-state index contributed by atoms with van der Waals surface area (Å²) in [6.45, 7) is 4.19. The number of aryl methyl sites for hydroxylation is 2. The zero-order valence-corrected chi connectivity index (χ0v) is 12.9. The molecule has 0 atom stereocenters. The van der Waals surface area contributed by atoms with E-state index in [1.807, 2.05) is 38.1 Å². The number of hydrogen-bond donors (Lipinski definition) is 1. The first-order chi connectivity index (χ1) is 9.89. The minimum atomic E-state index is -3.54. The van der Waals surface area contributed by atoms with Gasteiger partial charge in [0.2, 0.25) is 0 Å². The molecule has 0 radical (unpaired) electrons. The average Bonchev–Trinajstić information content (AvgIpc) is 2.85. The summed E-state index contributed by atoms with van der Waals surface area (Å²) in [7, 11) is -3.54. The highest BCUT2D eigenvalue weighted by Crippen LogP contribution is 2.35. The van der Waals surface area contributed by atoms with Gasteiger partial charge in [-0.05, 0) is 55.2 Å². The Morgan fingerprint density at radius 1 is 1.10 bits per heavy atom. The van der Waals surface area contributed by atoms with Gasteiger partial charge in [-0.25, -0.2) is 8.42 Å². The summed E-state index contributed by atoms with van der Waals surface area (Å²) < 4.78 is 27.4. The Labute approximate surface area is 125 Å². The van der Waals surface area contributed by atoms with Gasteiger partial charge in [0.15, 0.2) is 0 Å². The Hall–Kier alpha value is -2.01. The molecular weight excluding hydrogens is 284 g/mol. The molecule has 0 aliphatic carbocycles. The number of nitrogens with two attached hydrogens (primary N) is 1. The fraction of sp³-hybridized carbons (Fsp3) is 0.250. The molecule has 0 bridgehead atoms. The maximum Gasteiger partial charge on any atom is 0.264 e. The van der Waals surface area contributed by atoms with Gasteiger partial charge in [0, 0.05) is 12.2 Å². The Morgan fingerprint density at radius 3 is 2.62 bits per heavy atom. The zero-order valence-electron chi connectivity index (χ0n) is 12.1. The van der Waals surface area contributed by atoms with Crippen molar-refractivity contribution in [2.24, 2.45) is 0 Å². The van der Waals surface area contributed by atoms with E-state index in [9.17, 15) is 8.42 Å². The summed E-state index contributed by atoms with van der Waals surface area (Å²) in [5.74, 6) is 0. The van der Waals surface area contributed by atoms with Crippen LogP contribution in [0.2, 0.25) is 0 Å². The van der Waals surface area contributed by atoms with E-state index >= 15 is 0 Å². The first-order valence-corrected chi connectivity index (χ1v) is 8.32. The highest BCUT2D eigenvalue weighted by molar-refractivity contribution is 7.93. The molecule has 1 aliphatic rings.